The first-order valence-corrected chi connectivity index (χ1v) is 14.5. The zero-order valence-corrected chi connectivity index (χ0v) is 24.6. The monoisotopic (exact) mass is 587 g/mol. The van der Waals surface area contributed by atoms with Crippen molar-refractivity contribution in [3.8, 4) is 5.75 Å². The second-order valence-electron chi connectivity index (χ2n) is 10.9. The number of amides is 4. The number of carbonyl (C=O) groups excluding carboxylic acids is 3. The van der Waals surface area contributed by atoms with Gasteiger partial charge in [-0.1, -0.05) is 42.8 Å². The Morgan fingerprint density at radius 2 is 1.65 bits per heavy atom. The highest BCUT2D eigenvalue weighted by atomic mass is 16.5. The number of ether oxygens (including phenoxy) is 1. The van der Waals surface area contributed by atoms with Crippen LogP contribution in [0.5, 0.6) is 5.75 Å². The van der Waals surface area contributed by atoms with Crippen LogP contribution in [0.3, 0.4) is 0 Å². The lowest BCUT2D eigenvalue weighted by Crippen LogP contribution is -2.61. The van der Waals surface area contributed by atoms with Gasteiger partial charge in [-0.3, -0.25) is 9.59 Å². The fourth-order valence-corrected chi connectivity index (χ4v) is 5.48. The average molecular weight is 588 g/mol. The summed E-state index contributed by atoms with van der Waals surface area (Å²) in [6.07, 6.45) is 4.73. The fourth-order valence-electron chi connectivity index (χ4n) is 5.48. The predicted octanol–water partition coefficient (Wildman–Crippen LogP) is 4.97. The lowest BCUT2D eigenvalue weighted by molar-refractivity contribution is -0.136. The molecule has 3 N–H and O–H groups in total. The third-order valence-electron chi connectivity index (χ3n) is 8.00. The summed E-state index contributed by atoms with van der Waals surface area (Å²) in [5, 5.41) is 14.4. The normalized spacial score (nSPS) is 14.7. The maximum atomic E-state index is 13.9. The molecule has 226 valence electrons. The molecule has 0 heterocycles. The molecule has 4 amide bonds. The number of carbonyl (C=O) groups is 4. The van der Waals surface area contributed by atoms with Crippen LogP contribution in [0.1, 0.15) is 37.7 Å². The van der Waals surface area contributed by atoms with Crippen molar-refractivity contribution in [3.05, 3.63) is 84.4 Å². The smallest absolute Gasteiger partial charge is 0.338 e. The van der Waals surface area contributed by atoms with Gasteiger partial charge in [-0.15, -0.1) is 0 Å². The number of carboxylic acids is 1. The van der Waals surface area contributed by atoms with Gasteiger partial charge in [-0.05, 0) is 54.8 Å². The van der Waals surface area contributed by atoms with E-state index in [1.807, 2.05) is 49.5 Å². The van der Waals surface area contributed by atoms with Crippen LogP contribution in [-0.2, 0) is 20.8 Å². The fraction of sp³-hybridized carbons (Fsp3) is 0.333. The van der Waals surface area contributed by atoms with E-state index >= 15 is 0 Å². The number of hydrogen-bond donors (Lipinski definition) is 3. The molecule has 4 rings (SSSR count). The summed E-state index contributed by atoms with van der Waals surface area (Å²) in [5.74, 6) is -0.876. The number of benzene rings is 3. The summed E-state index contributed by atoms with van der Waals surface area (Å²) >= 11 is 0. The minimum absolute atomic E-state index is 0.0105. The van der Waals surface area contributed by atoms with E-state index in [4.69, 9.17) is 9.84 Å². The Labute approximate surface area is 251 Å². The van der Waals surface area contributed by atoms with Crippen LogP contribution < -0.4 is 24.8 Å². The minimum atomic E-state index is -0.965. The van der Waals surface area contributed by atoms with Gasteiger partial charge in [-0.2, -0.15) is 0 Å². The number of rotatable bonds is 11. The molecule has 3 aromatic rings. The molecule has 1 aliphatic carbocycles. The largest absolute Gasteiger partial charge is 0.484 e. The zero-order chi connectivity index (χ0) is 30.8. The number of para-hydroxylation sites is 1. The Kier molecular flexibility index (Phi) is 10.5. The highest BCUT2D eigenvalue weighted by Crippen LogP contribution is 2.35. The molecule has 0 bridgehead atoms. The highest BCUT2D eigenvalue weighted by molar-refractivity contribution is 5.96. The number of anilines is 2. The van der Waals surface area contributed by atoms with Crippen molar-refractivity contribution in [1.82, 2.24) is 9.80 Å². The van der Waals surface area contributed by atoms with Crippen molar-refractivity contribution in [2.75, 3.05) is 37.5 Å². The molecule has 1 aliphatic rings. The number of aliphatic carboxylic acids is 1. The van der Waals surface area contributed by atoms with Crippen molar-refractivity contribution >= 4 is 40.9 Å². The number of urea groups is 1. The Balaban J connectivity index is 1.45. The molecule has 1 unspecified atom stereocenters. The number of carboxylic acid groups (broad SMARTS) is 1. The number of quaternary nitrogens is 1. The van der Waals surface area contributed by atoms with Crippen LogP contribution in [0.2, 0.25) is 0 Å². The molecular weight excluding hydrogens is 548 g/mol. The highest BCUT2D eigenvalue weighted by Gasteiger charge is 2.43. The van der Waals surface area contributed by atoms with Crippen molar-refractivity contribution in [2.45, 2.75) is 44.6 Å². The van der Waals surface area contributed by atoms with Gasteiger partial charge in [0.15, 0.2) is 6.61 Å². The maximum absolute atomic E-state index is 13.9. The molecule has 10 nitrogen and oxygen atoms in total. The molecule has 1 fully saturated rings. The van der Waals surface area contributed by atoms with Gasteiger partial charge in [0.25, 0.3) is 5.91 Å². The average Bonchev–Trinajstić information content (AvgIpc) is 3.02. The van der Waals surface area contributed by atoms with Crippen LogP contribution in [0.15, 0.2) is 78.9 Å². The number of likely N-dealkylation sites (N-methyl/N-ethyl adjacent to an activating group) is 2. The van der Waals surface area contributed by atoms with Crippen molar-refractivity contribution in [1.29, 1.82) is 0 Å². The quantitative estimate of drug-likeness (QED) is 0.272. The number of hydrogen-bond acceptors (Lipinski definition) is 5. The van der Waals surface area contributed by atoms with E-state index in [0.717, 1.165) is 43.5 Å². The molecule has 1 saturated carbocycles. The summed E-state index contributed by atoms with van der Waals surface area (Å²) in [5.41, 5.74) is 2.48. The third-order valence-corrected chi connectivity index (χ3v) is 8.00. The van der Waals surface area contributed by atoms with Gasteiger partial charge in [-0.25, -0.2) is 14.1 Å². The summed E-state index contributed by atoms with van der Waals surface area (Å²) in [4.78, 5) is 51.9. The molecule has 0 saturated heterocycles. The van der Waals surface area contributed by atoms with Crippen LogP contribution >= 0.6 is 0 Å². The van der Waals surface area contributed by atoms with Crippen molar-refractivity contribution < 1.29 is 29.0 Å². The number of nitrogens with zero attached hydrogens (tertiary/aromatic N) is 2. The molecule has 0 aliphatic heterocycles. The van der Waals surface area contributed by atoms with E-state index in [0.29, 0.717) is 17.0 Å². The molecule has 10 heteroatoms. The summed E-state index contributed by atoms with van der Waals surface area (Å²) in [6, 6.07) is 22.6. The third kappa shape index (κ3) is 8.20. The first-order chi connectivity index (χ1) is 20.7. The van der Waals surface area contributed by atoms with E-state index in [2.05, 4.69) is 10.6 Å². The Morgan fingerprint density at radius 3 is 2.37 bits per heavy atom. The van der Waals surface area contributed by atoms with E-state index in [1.54, 1.807) is 43.4 Å². The molecule has 1 atom stereocenters. The van der Waals surface area contributed by atoms with Gasteiger partial charge in [0.1, 0.15) is 24.0 Å². The van der Waals surface area contributed by atoms with Crippen LogP contribution in [0.25, 0.3) is 0 Å². The van der Waals surface area contributed by atoms with Gasteiger partial charge < -0.3 is 25.4 Å². The van der Waals surface area contributed by atoms with Gasteiger partial charge in [0, 0.05) is 37.3 Å². The lowest BCUT2D eigenvalue weighted by atomic mass is 9.91. The van der Waals surface area contributed by atoms with Gasteiger partial charge in [0.2, 0.25) is 0 Å². The molecule has 0 spiro atoms. The van der Waals surface area contributed by atoms with E-state index in [-0.39, 0.29) is 41.9 Å². The predicted molar refractivity (Wildman–Crippen MR) is 166 cm³/mol. The first kappa shape index (κ1) is 31.2. The topological polar surface area (TPSA) is 125 Å². The van der Waals surface area contributed by atoms with E-state index in [9.17, 15) is 19.2 Å². The second-order valence-corrected chi connectivity index (χ2v) is 10.9. The minimum Gasteiger partial charge on any atom is -0.484 e. The maximum Gasteiger partial charge on any atom is 0.338 e. The molecular formula is C33H39N4O6+. The summed E-state index contributed by atoms with van der Waals surface area (Å²) < 4.78 is 5.87. The summed E-state index contributed by atoms with van der Waals surface area (Å²) in [7, 11) is 3.57. The van der Waals surface area contributed by atoms with Crippen LogP contribution in [-0.4, -0.2) is 62.2 Å². The molecule has 0 aromatic heterocycles. The van der Waals surface area contributed by atoms with Crippen LogP contribution in [0, 0.1) is 0 Å². The standard InChI is InChI=1S/C33H38N4O6/c1-36(26-13-5-3-6-14-26)30(38)23-43-29-18-10-17-28(21-29)37(2,27-15-7-4-8-16-27)31(39)22-34-33(42)35-25-12-9-11-24(19-25)20-32(40)41/h3,5-6,9-14,17-19,21,27H,4,7-8,15-16,20,22-23H2,1-2H3,(H2-,34,35,40,41,42)/p+1. The van der Waals surface area contributed by atoms with Crippen LogP contribution in [0.4, 0.5) is 21.9 Å². The van der Waals surface area contributed by atoms with Gasteiger partial charge >= 0.3 is 17.9 Å². The summed E-state index contributed by atoms with van der Waals surface area (Å²) in [6.45, 7) is -0.371. The van der Waals surface area contributed by atoms with E-state index < -0.39 is 12.0 Å². The Morgan fingerprint density at radius 1 is 0.930 bits per heavy atom. The Hall–Kier alpha value is -4.70. The Bertz CT molecular complexity index is 1440. The number of nitrogens with one attached hydrogen (secondary N) is 2. The first-order valence-electron chi connectivity index (χ1n) is 14.5. The van der Waals surface area contributed by atoms with Crippen molar-refractivity contribution in [3.63, 3.8) is 0 Å². The van der Waals surface area contributed by atoms with Gasteiger partial charge in [0.05, 0.1) is 13.5 Å². The lowest BCUT2D eigenvalue weighted by Gasteiger charge is -2.40. The molecule has 3 aromatic carbocycles. The molecule has 43 heavy (non-hydrogen) atoms. The SMILES string of the molecule is CN(C(=O)COc1cccc([N+](C)(C(=O)CNC(=O)Nc2cccc(CC(=O)O)c2)C2CCCCC2)c1)c1ccccc1. The van der Waals surface area contributed by atoms with E-state index in [1.165, 1.54) is 4.90 Å². The zero-order valence-electron chi connectivity index (χ0n) is 24.6. The van der Waals surface area contributed by atoms with Crippen molar-refractivity contribution in [2.24, 2.45) is 0 Å². The second kappa shape index (κ2) is 14.5. The molecule has 0 radical (unpaired) electrons.